The average molecular weight is 131 g/mol. The van der Waals surface area contributed by atoms with Gasteiger partial charge in [-0.25, -0.2) is 4.79 Å². The number of thioether (sulfide) groups is 1. The van der Waals surface area contributed by atoms with Crippen molar-refractivity contribution in [1.29, 1.82) is 5.41 Å². The van der Waals surface area contributed by atoms with Gasteiger partial charge in [0.25, 0.3) is 0 Å². The maximum Gasteiger partial charge on any atom is 0.362 e. The Hall–Kier alpha value is -0.510. The summed E-state index contributed by atoms with van der Waals surface area (Å²) in [5.41, 5.74) is 0. The van der Waals surface area contributed by atoms with E-state index in [-0.39, 0.29) is 5.04 Å². The Morgan fingerprint density at radius 3 is 2.88 bits per heavy atom. The second-order valence-electron chi connectivity index (χ2n) is 1.31. The smallest absolute Gasteiger partial charge is 0.362 e. The third-order valence-corrected chi connectivity index (χ3v) is 1.57. The van der Waals surface area contributed by atoms with E-state index in [0.717, 1.165) is 5.75 Å². The standard InChI is InChI=1S/C4H5NO2S/c5-3-4(6)7-1-2-8-3/h5H,1-2H2. The van der Waals surface area contributed by atoms with Gasteiger partial charge in [-0.05, 0) is 0 Å². The molecule has 0 bridgehead atoms. The number of ether oxygens (including phenoxy) is 1. The molecule has 0 radical (unpaired) electrons. The predicted molar refractivity (Wildman–Crippen MR) is 31.1 cm³/mol. The third kappa shape index (κ3) is 1.01. The van der Waals surface area contributed by atoms with Crippen LogP contribution in [0.3, 0.4) is 0 Å². The predicted octanol–water partition coefficient (Wildman–Crippen LogP) is 0.254. The molecule has 8 heavy (non-hydrogen) atoms. The van der Waals surface area contributed by atoms with Crippen LogP contribution in [-0.2, 0) is 9.53 Å². The van der Waals surface area contributed by atoms with Crippen molar-refractivity contribution in [3.05, 3.63) is 0 Å². The van der Waals surface area contributed by atoms with Crippen LogP contribution in [0.4, 0.5) is 0 Å². The van der Waals surface area contributed by atoms with Crippen LogP contribution in [0.2, 0.25) is 0 Å². The van der Waals surface area contributed by atoms with Crippen molar-refractivity contribution in [3.8, 4) is 0 Å². The van der Waals surface area contributed by atoms with Gasteiger partial charge >= 0.3 is 5.97 Å². The number of nitrogens with one attached hydrogen (secondary N) is 1. The van der Waals surface area contributed by atoms with Crippen LogP contribution in [-0.4, -0.2) is 23.4 Å². The molecule has 0 aromatic heterocycles. The fraction of sp³-hybridized carbons (Fsp3) is 0.500. The molecule has 0 aromatic carbocycles. The zero-order chi connectivity index (χ0) is 5.98. The molecule has 3 nitrogen and oxygen atoms in total. The molecule has 0 unspecified atom stereocenters. The van der Waals surface area contributed by atoms with Gasteiger partial charge in [0.15, 0.2) is 5.04 Å². The SMILES string of the molecule is N=C1SCCOC1=O. The van der Waals surface area contributed by atoms with E-state index in [2.05, 4.69) is 4.74 Å². The molecule has 1 rings (SSSR count). The molecular formula is C4H5NO2S. The summed E-state index contributed by atoms with van der Waals surface area (Å²) < 4.78 is 4.51. The second-order valence-corrected chi connectivity index (χ2v) is 2.42. The molecule has 1 N–H and O–H groups in total. The fourth-order valence-electron chi connectivity index (χ4n) is 0.403. The molecule has 1 aliphatic heterocycles. The van der Waals surface area contributed by atoms with Gasteiger partial charge < -0.3 is 4.74 Å². The maximum absolute atomic E-state index is 10.3. The lowest BCUT2D eigenvalue weighted by Gasteiger charge is -2.09. The summed E-state index contributed by atoms with van der Waals surface area (Å²) >= 11 is 1.23. The number of esters is 1. The molecule has 1 fully saturated rings. The van der Waals surface area contributed by atoms with Gasteiger partial charge in [-0.3, -0.25) is 5.41 Å². The maximum atomic E-state index is 10.3. The molecule has 4 heteroatoms. The molecule has 1 saturated heterocycles. The van der Waals surface area contributed by atoms with Gasteiger partial charge in [0, 0.05) is 5.75 Å². The highest BCUT2D eigenvalue weighted by atomic mass is 32.2. The van der Waals surface area contributed by atoms with Crippen molar-refractivity contribution in [2.24, 2.45) is 0 Å². The molecule has 0 saturated carbocycles. The summed E-state index contributed by atoms with van der Waals surface area (Å²) in [7, 11) is 0. The molecule has 0 amide bonds. The average Bonchev–Trinajstić information content (AvgIpc) is 1.77. The van der Waals surface area contributed by atoms with Crippen LogP contribution in [0.5, 0.6) is 0 Å². The van der Waals surface area contributed by atoms with Gasteiger partial charge in [0.1, 0.15) is 6.61 Å². The number of carbonyl (C=O) groups excluding carboxylic acids is 1. The number of cyclic esters (lactones) is 1. The summed E-state index contributed by atoms with van der Waals surface area (Å²) in [6.07, 6.45) is 0. The lowest BCUT2D eigenvalue weighted by atomic mass is 10.7. The highest BCUT2D eigenvalue weighted by molar-refractivity contribution is 8.15. The molecule has 1 aliphatic rings. The minimum absolute atomic E-state index is 0.0243. The molecule has 44 valence electrons. The van der Waals surface area contributed by atoms with E-state index in [9.17, 15) is 4.79 Å². The molecular weight excluding hydrogens is 126 g/mol. The van der Waals surface area contributed by atoms with Gasteiger partial charge in [-0.15, -0.1) is 0 Å². The largest absolute Gasteiger partial charge is 0.460 e. The van der Waals surface area contributed by atoms with Crippen LogP contribution in [0.15, 0.2) is 0 Å². The second kappa shape index (κ2) is 2.17. The molecule has 0 aliphatic carbocycles. The number of carbonyl (C=O) groups is 1. The van der Waals surface area contributed by atoms with E-state index >= 15 is 0 Å². The summed E-state index contributed by atoms with van der Waals surface area (Å²) in [4.78, 5) is 10.3. The number of rotatable bonds is 0. The fourth-order valence-corrected chi connectivity index (χ4v) is 0.950. The van der Waals surface area contributed by atoms with Gasteiger partial charge in [-0.1, -0.05) is 11.8 Å². The van der Waals surface area contributed by atoms with Crippen molar-refractivity contribution in [2.45, 2.75) is 0 Å². The molecule has 0 atom stereocenters. The summed E-state index contributed by atoms with van der Waals surface area (Å²) in [5, 5.41) is 6.91. The lowest BCUT2D eigenvalue weighted by Crippen LogP contribution is -2.21. The first-order chi connectivity index (χ1) is 3.80. The van der Waals surface area contributed by atoms with E-state index in [0.29, 0.717) is 6.61 Å². The quantitative estimate of drug-likeness (QED) is 0.479. The molecule has 0 spiro atoms. The van der Waals surface area contributed by atoms with Crippen molar-refractivity contribution < 1.29 is 9.53 Å². The Kier molecular flexibility index (Phi) is 1.53. The van der Waals surface area contributed by atoms with Crippen molar-refractivity contribution >= 4 is 22.8 Å². The van der Waals surface area contributed by atoms with Crippen LogP contribution < -0.4 is 0 Å². The van der Waals surface area contributed by atoms with Crippen LogP contribution in [0.1, 0.15) is 0 Å². The Morgan fingerprint density at radius 2 is 2.50 bits per heavy atom. The normalized spacial score (nSPS) is 20.5. The topological polar surface area (TPSA) is 50.1 Å². The van der Waals surface area contributed by atoms with Crippen LogP contribution >= 0.6 is 11.8 Å². The molecule has 0 aromatic rings. The van der Waals surface area contributed by atoms with E-state index < -0.39 is 5.97 Å². The summed E-state index contributed by atoms with van der Waals surface area (Å²) in [6, 6.07) is 0. The van der Waals surface area contributed by atoms with Crippen LogP contribution in [0.25, 0.3) is 0 Å². The van der Waals surface area contributed by atoms with Crippen molar-refractivity contribution in [3.63, 3.8) is 0 Å². The third-order valence-electron chi connectivity index (χ3n) is 0.748. The number of hydrogen-bond acceptors (Lipinski definition) is 4. The lowest BCUT2D eigenvalue weighted by molar-refractivity contribution is -0.134. The van der Waals surface area contributed by atoms with Crippen molar-refractivity contribution in [1.82, 2.24) is 0 Å². The van der Waals surface area contributed by atoms with E-state index in [1.165, 1.54) is 11.8 Å². The zero-order valence-corrected chi connectivity index (χ0v) is 4.96. The summed E-state index contributed by atoms with van der Waals surface area (Å²) in [6.45, 7) is 0.450. The first kappa shape index (κ1) is 5.62. The van der Waals surface area contributed by atoms with Crippen molar-refractivity contribution in [2.75, 3.05) is 12.4 Å². The zero-order valence-electron chi connectivity index (χ0n) is 4.14. The van der Waals surface area contributed by atoms with Crippen LogP contribution in [0, 0.1) is 5.41 Å². The first-order valence-electron chi connectivity index (χ1n) is 2.19. The Bertz CT molecular complexity index is 118. The first-order valence-corrected chi connectivity index (χ1v) is 3.18. The Labute approximate surface area is 50.9 Å². The van der Waals surface area contributed by atoms with Gasteiger partial charge in [0.05, 0.1) is 0 Å². The molecule has 1 heterocycles. The van der Waals surface area contributed by atoms with Gasteiger partial charge in [-0.2, -0.15) is 0 Å². The van der Waals surface area contributed by atoms with E-state index in [1.807, 2.05) is 0 Å². The minimum atomic E-state index is -0.485. The minimum Gasteiger partial charge on any atom is -0.460 e. The van der Waals surface area contributed by atoms with E-state index in [4.69, 9.17) is 5.41 Å². The van der Waals surface area contributed by atoms with E-state index in [1.54, 1.807) is 0 Å². The Morgan fingerprint density at radius 1 is 1.75 bits per heavy atom. The number of hydrogen-bond donors (Lipinski definition) is 1. The van der Waals surface area contributed by atoms with Gasteiger partial charge in [0.2, 0.25) is 0 Å². The highest BCUT2D eigenvalue weighted by Gasteiger charge is 2.15. The monoisotopic (exact) mass is 131 g/mol. The summed E-state index contributed by atoms with van der Waals surface area (Å²) in [5.74, 6) is 0.242. The Balaban J connectivity index is 2.52. The highest BCUT2D eigenvalue weighted by Crippen LogP contribution is 2.08.